The van der Waals surface area contributed by atoms with Crippen LogP contribution in [0, 0.1) is 6.92 Å². The average Bonchev–Trinajstić information content (AvgIpc) is 3.30. The number of carbonyl (C=O) groups is 1. The summed E-state index contributed by atoms with van der Waals surface area (Å²) in [5.41, 5.74) is 2.84. The van der Waals surface area contributed by atoms with Gasteiger partial charge >= 0.3 is 0 Å². The Hall–Kier alpha value is -2.65. The molecule has 0 bridgehead atoms. The number of rotatable bonds is 6. The fraction of sp³-hybridized carbons (Fsp3) is 0.318. The number of hydrogen-bond acceptors (Lipinski definition) is 6. The molecule has 0 aliphatic carbocycles. The molecule has 9 heteroatoms. The van der Waals surface area contributed by atoms with Crippen molar-refractivity contribution in [1.82, 2.24) is 14.8 Å². The van der Waals surface area contributed by atoms with Gasteiger partial charge < -0.3 is 9.47 Å². The van der Waals surface area contributed by atoms with Gasteiger partial charge in [0.25, 0.3) is 0 Å². The molecule has 3 aromatic rings. The lowest BCUT2D eigenvalue weighted by Crippen LogP contribution is -2.42. The minimum Gasteiger partial charge on any atom is -0.308 e. The SMILES string of the molecule is Cc1ccc(-c2nnc(SCC(=O)N(c3ccccc3)C3CCS(=O)(=O)C3)n2C)cc1. The molecule has 1 saturated heterocycles. The molecular formula is C22H24N4O3S2. The second-order valence-corrected chi connectivity index (χ2v) is 10.8. The van der Waals surface area contributed by atoms with E-state index in [0.29, 0.717) is 17.3 Å². The van der Waals surface area contributed by atoms with Crippen molar-refractivity contribution in [3.05, 3.63) is 60.2 Å². The van der Waals surface area contributed by atoms with E-state index in [4.69, 9.17) is 0 Å². The maximum Gasteiger partial charge on any atom is 0.237 e. The summed E-state index contributed by atoms with van der Waals surface area (Å²) < 4.78 is 25.9. The Morgan fingerprint density at radius 3 is 2.48 bits per heavy atom. The van der Waals surface area contributed by atoms with E-state index in [9.17, 15) is 13.2 Å². The molecule has 162 valence electrons. The molecule has 0 spiro atoms. The number of aromatic nitrogens is 3. The van der Waals surface area contributed by atoms with E-state index in [2.05, 4.69) is 10.2 Å². The largest absolute Gasteiger partial charge is 0.308 e. The molecule has 1 amide bonds. The van der Waals surface area contributed by atoms with E-state index in [0.717, 1.165) is 11.4 Å². The number of carbonyl (C=O) groups excluding carboxylic acids is 1. The summed E-state index contributed by atoms with van der Waals surface area (Å²) in [5.74, 6) is 0.852. The molecule has 4 rings (SSSR count). The van der Waals surface area contributed by atoms with E-state index in [1.807, 2.05) is 73.1 Å². The van der Waals surface area contributed by atoms with Gasteiger partial charge in [0.1, 0.15) is 0 Å². The first-order valence-electron chi connectivity index (χ1n) is 10.0. The molecule has 1 aliphatic heterocycles. The second-order valence-electron chi connectivity index (χ2n) is 7.68. The predicted molar refractivity (Wildman–Crippen MR) is 123 cm³/mol. The third-order valence-electron chi connectivity index (χ3n) is 5.35. The number of sulfone groups is 1. The Bertz CT molecular complexity index is 1180. The summed E-state index contributed by atoms with van der Waals surface area (Å²) >= 11 is 1.30. The Morgan fingerprint density at radius 1 is 1.13 bits per heavy atom. The van der Waals surface area contributed by atoms with Crippen LogP contribution in [0.3, 0.4) is 0 Å². The fourth-order valence-electron chi connectivity index (χ4n) is 3.72. The summed E-state index contributed by atoms with van der Waals surface area (Å²) in [6, 6.07) is 16.9. The van der Waals surface area contributed by atoms with Crippen LogP contribution in [0.5, 0.6) is 0 Å². The summed E-state index contributed by atoms with van der Waals surface area (Å²) in [4.78, 5) is 14.8. The molecule has 0 saturated carbocycles. The zero-order valence-electron chi connectivity index (χ0n) is 17.4. The van der Waals surface area contributed by atoms with Gasteiger partial charge in [0.15, 0.2) is 20.8 Å². The lowest BCUT2D eigenvalue weighted by Gasteiger charge is -2.28. The summed E-state index contributed by atoms with van der Waals surface area (Å²) in [7, 11) is -1.24. The monoisotopic (exact) mass is 456 g/mol. The van der Waals surface area contributed by atoms with Gasteiger partial charge in [0.2, 0.25) is 5.91 Å². The highest BCUT2D eigenvalue weighted by molar-refractivity contribution is 7.99. The van der Waals surface area contributed by atoms with Crippen LogP contribution in [0.15, 0.2) is 59.8 Å². The minimum atomic E-state index is -3.11. The number of para-hydroxylation sites is 1. The summed E-state index contributed by atoms with van der Waals surface area (Å²) in [6.07, 6.45) is 0.454. The topological polar surface area (TPSA) is 85.2 Å². The second kappa shape index (κ2) is 8.84. The van der Waals surface area contributed by atoms with Crippen LogP contribution in [0.25, 0.3) is 11.4 Å². The maximum absolute atomic E-state index is 13.2. The maximum atomic E-state index is 13.2. The predicted octanol–water partition coefficient (Wildman–Crippen LogP) is 3.10. The van der Waals surface area contributed by atoms with E-state index in [1.165, 1.54) is 17.3 Å². The molecule has 1 aliphatic rings. The average molecular weight is 457 g/mol. The van der Waals surface area contributed by atoms with Crippen molar-refractivity contribution in [1.29, 1.82) is 0 Å². The van der Waals surface area contributed by atoms with Crippen molar-refractivity contribution in [2.75, 3.05) is 22.2 Å². The number of thioether (sulfide) groups is 1. The number of benzene rings is 2. The Labute approximate surface area is 186 Å². The lowest BCUT2D eigenvalue weighted by molar-refractivity contribution is -0.116. The van der Waals surface area contributed by atoms with Crippen LogP contribution in [0.2, 0.25) is 0 Å². The van der Waals surface area contributed by atoms with Gasteiger partial charge in [0, 0.05) is 18.3 Å². The minimum absolute atomic E-state index is 0.000165. The molecule has 0 N–H and O–H groups in total. The van der Waals surface area contributed by atoms with Crippen LogP contribution >= 0.6 is 11.8 Å². The lowest BCUT2D eigenvalue weighted by atomic mass is 10.1. The fourth-order valence-corrected chi connectivity index (χ4v) is 6.19. The normalized spacial score (nSPS) is 17.5. The molecule has 1 unspecified atom stereocenters. The van der Waals surface area contributed by atoms with Crippen LogP contribution in [0.1, 0.15) is 12.0 Å². The molecule has 2 aromatic carbocycles. The van der Waals surface area contributed by atoms with Gasteiger partial charge in [-0.1, -0.05) is 59.8 Å². The highest BCUT2D eigenvalue weighted by Gasteiger charge is 2.35. The van der Waals surface area contributed by atoms with Crippen molar-refractivity contribution < 1.29 is 13.2 Å². The first kappa shape index (κ1) is 21.6. The van der Waals surface area contributed by atoms with Crippen molar-refractivity contribution in [3.63, 3.8) is 0 Å². The highest BCUT2D eigenvalue weighted by atomic mass is 32.2. The van der Waals surface area contributed by atoms with Gasteiger partial charge in [0.05, 0.1) is 23.3 Å². The van der Waals surface area contributed by atoms with Gasteiger partial charge in [-0.05, 0) is 25.5 Å². The standard InChI is InChI=1S/C22H24N4O3S2/c1-16-8-10-17(11-9-16)21-23-24-22(25(21)2)30-14-20(27)26(18-6-4-3-5-7-18)19-12-13-31(28,29)15-19/h3-11,19H,12-15H2,1-2H3. The van der Waals surface area contributed by atoms with E-state index in [-0.39, 0.29) is 29.2 Å². The zero-order valence-corrected chi connectivity index (χ0v) is 19.1. The molecule has 7 nitrogen and oxygen atoms in total. The molecule has 2 heterocycles. The molecule has 1 fully saturated rings. The molecular weight excluding hydrogens is 432 g/mol. The first-order valence-corrected chi connectivity index (χ1v) is 12.8. The van der Waals surface area contributed by atoms with Crippen molar-refractivity contribution in [2.24, 2.45) is 7.05 Å². The summed E-state index contributed by atoms with van der Waals surface area (Å²) in [6.45, 7) is 2.03. The van der Waals surface area contributed by atoms with Crippen molar-refractivity contribution in [3.8, 4) is 11.4 Å². The van der Waals surface area contributed by atoms with Crippen LogP contribution in [-0.4, -0.2) is 52.4 Å². The summed E-state index contributed by atoms with van der Waals surface area (Å²) in [5, 5.41) is 9.16. The van der Waals surface area contributed by atoms with E-state index >= 15 is 0 Å². The molecule has 0 radical (unpaired) electrons. The molecule has 1 atom stereocenters. The van der Waals surface area contributed by atoms with Crippen molar-refractivity contribution in [2.45, 2.75) is 24.5 Å². The third-order valence-corrected chi connectivity index (χ3v) is 8.10. The highest BCUT2D eigenvalue weighted by Crippen LogP contribution is 2.27. The first-order chi connectivity index (χ1) is 14.8. The van der Waals surface area contributed by atoms with E-state index in [1.54, 1.807) is 4.90 Å². The molecule has 31 heavy (non-hydrogen) atoms. The number of nitrogens with zero attached hydrogens (tertiary/aromatic N) is 4. The van der Waals surface area contributed by atoms with Crippen LogP contribution in [-0.2, 0) is 21.7 Å². The van der Waals surface area contributed by atoms with E-state index < -0.39 is 9.84 Å². The van der Waals surface area contributed by atoms with Gasteiger partial charge in [-0.3, -0.25) is 4.79 Å². The molecule has 1 aromatic heterocycles. The van der Waals surface area contributed by atoms with Crippen molar-refractivity contribution >= 4 is 33.2 Å². The van der Waals surface area contributed by atoms with Crippen LogP contribution in [0.4, 0.5) is 5.69 Å². The number of aryl methyl sites for hydroxylation is 1. The third kappa shape index (κ3) is 4.83. The quantitative estimate of drug-likeness (QED) is 0.530. The zero-order chi connectivity index (χ0) is 22.0. The smallest absolute Gasteiger partial charge is 0.237 e. The Morgan fingerprint density at radius 2 is 1.84 bits per heavy atom. The Kier molecular flexibility index (Phi) is 6.15. The number of hydrogen-bond donors (Lipinski definition) is 0. The number of anilines is 1. The van der Waals surface area contributed by atoms with Gasteiger partial charge in [-0.2, -0.15) is 0 Å². The number of amides is 1. The van der Waals surface area contributed by atoms with Gasteiger partial charge in [-0.15, -0.1) is 10.2 Å². The Balaban J connectivity index is 1.51. The van der Waals surface area contributed by atoms with Gasteiger partial charge in [-0.25, -0.2) is 8.42 Å². The van der Waals surface area contributed by atoms with Crippen LogP contribution < -0.4 is 4.90 Å².